The second-order valence-corrected chi connectivity index (χ2v) is 9.73. The Bertz CT molecular complexity index is 1110. The largest absolute Gasteiger partial charge is 0.486 e. The van der Waals surface area contributed by atoms with Crippen molar-refractivity contribution in [2.45, 2.75) is 38.1 Å². The van der Waals surface area contributed by atoms with E-state index < -0.39 is 0 Å². The second kappa shape index (κ2) is 7.61. The Hall–Kier alpha value is -2.12. The van der Waals surface area contributed by atoms with E-state index >= 15 is 0 Å². The molecule has 0 unspecified atom stereocenters. The summed E-state index contributed by atoms with van der Waals surface area (Å²) in [5.41, 5.74) is 2.04. The lowest BCUT2D eigenvalue weighted by molar-refractivity contribution is 0.102. The number of ether oxygens (including phenoxy) is 2. The van der Waals surface area contributed by atoms with Crippen molar-refractivity contribution in [3.63, 3.8) is 0 Å². The van der Waals surface area contributed by atoms with E-state index in [0.717, 1.165) is 34.4 Å². The van der Waals surface area contributed by atoms with Gasteiger partial charge in [-0.1, -0.05) is 18.7 Å². The first-order valence-corrected chi connectivity index (χ1v) is 11.7. The smallest absolute Gasteiger partial charge is 0.173 e. The van der Waals surface area contributed by atoms with Crippen LogP contribution in [0.3, 0.4) is 0 Å². The van der Waals surface area contributed by atoms with Gasteiger partial charge in [0, 0.05) is 15.8 Å². The summed E-state index contributed by atoms with van der Waals surface area (Å²) in [6.07, 6.45) is 3.40. The molecule has 3 aromatic rings. The van der Waals surface area contributed by atoms with E-state index in [-0.39, 0.29) is 5.78 Å². The summed E-state index contributed by atoms with van der Waals surface area (Å²) >= 11 is 3.31. The van der Waals surface area contributed by atoms with Gasteiger partial charge in [0.25, 0.3) is 0 Å². The topological polar surface area (TPSA) is 61.3 Å². The molecule has 1 aromatic carbocycles. The van der Waals surface area contributed by atoms with Gasteiger partial charge in [-0.3, -0.25) is 4.79 Å². The number of aromatic nitrogens is 2. The summed E-state index contributed by atoms with van der Waals surface area (Å²) in [6, 6.07) is 5.41. The molecule has 1 aliphatic heterocycles. The zero-order valence-corrected chi connectivity index (χ0v) is 18.1. The number of thioether (sulfide) groups is 1. The predicted octanol–water partition coefficient (Wildman–Crippen LogP) is 4.87. The first kappa shape index (κ1) is 18.9. The third-order valence-corrected chi connectivity index (χ3v) is 7.56. The highest BCUT2D eigenvalue weighted by Gasteiger charge is 2.24. The molecular weight excluding hydrogens is 404 g/mol. The Balaban J connectivity index is 1.41. The number of fused-ring (bicyclic) bond motifs is 4. The molecule has 0 fully saturated rings. The molecule has 2 aromatic heterocycles. The fourth-order valence-electron chi connectivity index (χ4n) is 3.95. The maximum Gasteiger partial charge on any atom is 0.173 e. The molecule has 0 saturated heterocycles. The van der Waals surface area contributed by atoms with Gasteiger partial charge in [0.05, 0.1) is 5.75 Å². The molecule has 0 saturated carbocycles. The summed E-state index contributed by atoms with van der Waals surface area (Å²) in [6.45, 7) is 5.29. The highest BCUT2D eigenvalue weighted by Crippen LogP contribution is 2.41. The van der Waals surface area contributed by atoms with Gasteiger partial charge >= 0.3 is 0 Å². The lowest BCUT2D eigenvalue weighted by Gasteiger charge is -2.18. The van der Waals surface area contributed by atoms with E-state index in [9.17, 15) is 4.79 Å². The van der Waals surface area contributed by atoms with Crippen LogP contribution in [0.15, 0.2) is 23.2 Å². The van der Waals surface area contributed by atoms with Gasteiger partial charge in [-0.2, -0.15) is 0 Å². The van der Waals surface area contributed by atoms with Crippen molar-refractivity contribution in [2.75, 3.05) is 19.0 Å². The Labute approximate surface area is 177 Å². The number of benzene rings is 1. The molecule has 0 N–H and O–H groups in total. The molecule has 29 heavy (non-hydrogen) atoms. The Kier molecular flexibility index (Phi) is 4.95. The summed E-state index contributed by atoms with van der Waals surface area (Å²) < 4.78 is 11.2. The molecule has 0 radical (unpaired) electrons. The molecule has 7 heteroatoms. The van der Waals surface area contributed by atoms with Crippen LogP contribution in [0.2, 0.25) is 0 Å². The number of hydrogen-bond donors (Lipinski definition) is 0. The fourth-order valence-corrected chi connectivity index (χ4v) is 6.44. The minimum atomic E-state index is 0.0640. The van der Waals surface area contributed by atoms with Crippen LogP contribution in [0, 0.1) is 12.8 Å². The average Bonchev–Trinajstić information content (AvgIpc) is 3.08. The van der Waals surface area contributed by atoms with E-state index in [1.165, 1.54) is 34.0 Å². The van der Waals surface area contributed by atoms with E-state index in [4.69, 9.17) is 14.5 Å². The summed E-state index contributed by atoms with van der Waals surface area (Å²) in [7, 11) is 0. The number of aryl methyl sites for hydroxylation is 2. The SMILES string of the molecule is Cc1nc(SCC(=O)c2ccc3c(c2)OCCO3)c2c3c(sc2n1)C[C@H](C)CC3. The molecule has 0 spiro atoms. The van der Waals surface area contributed by atoms with Gasteiger partial charge in [0.2, 0.25) is 0 Å². The zero-order chi connectivity index (χ0) is 20.0. The van der Waals surface area contributed by atoms with Crippen molar-refractivity contribution >= 4 is 39.1 Å². The number of carbonyl (C=O) groups excluding carboxylic acids is 1. The fraction of sp³-hybridized carbons (Fsp3) is 0.409. The van der Waals surface area contributed by atoms with Gasteiger partial charge in [-0.15, -0.1) is 11.3 Å². The van der Waals surface area contributed by atoms with Crippen LogP contribution >= 0.6 is 23.1 Å². The Morgan fingerprint density at radius 3 is 2.93 bits per heavy atom. The third kappa shape index (κ3) is 3.62. The van der Waals surface area contributed by atoms with Crippen molar-refractivity contribution < 1.29 is 14.3 Å². The molecule has 1 aliphatic carbocycles. The first-order valence-electron chi connectivity index (χ1n) is 9.93. The number of thiophene rings is 1. The highest BCUT2D eigenvalue weighted by atomic mass is 32.2. The van der Waals surface area contributed by atoms with Crippen LogP contribution in [0.5, 0.6) is 11.5 Å². The lowest BCUT2D eigenvalue weighted by atomic mass is 9.89. The molecule has 2 aliphatic rings. The molecule has 5 rings (SSSR count). The van der Waals surface area contributed by atoms with Gasteiger partial charge in [0.15, 0.2) is 17.3 Å². The number of nitrogens with zero attached hydrogens (tertiary/aromatic N) is 2. The van der Waals surface area contributed by atoms with Crippen LogP contribution in [-0.4, -0.2) is 34.7 Å². The van der Waals surface area contributed by atoms with Crippen molar-refractivity contribution in [1.29, 1.82) is 0 Å². The van der Waals surface area contributed by atoms with Crippen molar-refractivity contribution in [3.8, 4) is 11.5 Å². The number of Topliss-reactive ketones (excluding diaryl/α,β-unsaturated/α-hetero) is 1. The third-order valence-electron chi connectivity index (χ3n) is 5.44. The van der Waals surface area contributed by atoms with Crippen LogP contribution in [0.4, 0.5) is 0 Å². The normalized spacial score (nSPS) is 17.9. The monoisotopic (exact) mass is 426 g/mol. The predicted molar refractivity (Wildman–Crippen MR) is 116 cm³/mol. The van der Waals surface area contributed by atoms with Crippen molar-refractivity contribution in [2.24, 2.45) is 5.92 Å². The maximum absolute atomic E-state index is 12.8. The van der Waals surface area contributed by atoms with Crippen molar-refractivity contribution in [1.82, 2.24) is 9.97 Å². The minimum absolute atomic E-state index is 0.0640. The summed E-state index contributed by atoms with van der Waals surface area (Å²) in [5.74, 6) is 3.23. The quantitative estimate of drug-likeness (QED) is 0.337. The van der Waals surface area contributed by atoms with Crippen LogP contribution in [0.1, 0.15) is 40.0 Å². The second-order valence-electron chi connectivity index (χ2n) is 7.68. The van der Waals surface area contributed by atoms with Gasteiger partial charge in [-0.25, -0.2) is 9.97 Å². The van der Waals surface area contributed by atoms with Crippen LogP contribution in [-0.2, 0) is 12.8 Å². The average molecular weight is 427 g/mol. The van der Waals surface area contributed by atoms with Gasteiger partial charge in [0.1, 0.15) is 28.9 Å². The molecule has 0 bridgehead atoms. The van der Waals surface area contributed by atoms with Crippen LogP contribution < -0.4 is 9.47 Å². The number of ketones is 1. The maximum atomic E-state index is 12.8. The van der Waals surface area contributed by atoms with Gasteiger partial charge in [-0.05, 0) is 55.9 Å². The lowest BCUT2D eigenvalue weighted by Crippen LogP contribution is -2.16. The number of rotatable bonds is 4. The number of hydrogen-bond acceptors (Lipinski definition) is 7. The first-order chi connectivity index (χ1) is 14.1. The number of carbonyl (C=O) groups is 1. The molecule has 5 nitrogen and oxygen atoms in total. The highest BCUT2D eigenvalue weighted by molar-refractivity contribution is 8.00. The minimum Gasteiger partial charge on any atom is -0.486 e. The van der Waals surface area contributed by atoms with Crippen molar-refractivity contribution in [3.05, 3.63) is 40.0 Å². The molecule has 3 heterocycles. The van der Waals surface area contributed by atoms with Gasteiger partial charge < -0.3 is 9.47 Å². The summed E-state index contributed by atoms with van der Waals surface area (Å²) in [5, 5.41) is 2.10. The van der Waals surface area contributed by atoms with E-state index in [1.807, 2.05) is 19.1 Å². The van der Waals surface area contributed by atoms with Crippen LogP contribution in [0.25, 0.3) is 10.2 Å². The molecule has 0 amide bonds. The Morgan fingerprint density at radius 2 is 2.07 bits per heavy atom. The molecular formula is C22H22N2O3S2. The standard InChI is InChI=1S/C22H22N2O3S2/c1-12-3-5-15-19(9-12)29-22-20(15)21(23-13(2)24-22)28-11-16(25)14-4-6-17-18(10-14)27-8-7-26-17/h4,6,10,12H,3,5,7-9,11H2,1-2H3/t12-/m1/s1. The molecule has 1 atom stereocenters. The Morgan fingerprint density at radius 1 is 1.24 bits per heavy atom. The zero-order valence-electron chi connectivity index (χ0n) is 16.5. The van der Waals surface area contributed by atoms with E-state index in [1.54, 1.807) is 17.4 Å². The van der Waals surface area contributed by atoms with E-state index in [2.05, 4.69) is 11.9 Å². The molecule has 150 valence electrons. The van der Waals surface area contributed by atoms with E-state index in [0.29, 0.717) is 36.0 Å². The summed E-state index contributed by atoms with van der Waals surface area (Å²) in [4.78, 5) is 24.7.